The maximum Gasteiger partial charge on any atom is 0.135 e. The van der Waals surface area contributed by atoms with Crippen molar-refractivity contribution in [1.29, 1.82) is 0 Å². The molecule has 0 saturated heterocycles. The number of para-hydroxylation sites is 2. The summed E-state index contributed by atoms with van der Waals surface area (Å²) in [5.41, 5.74) is 16.6. The first-order chi connectivity index (χ1) is 31.2. The zero-order valence-corrected chi connectivity index (χ0v) is 34.2. The molecule has 0 bridgehead atoms. The number of rotatable bonds is 6. The van der Waals surface area contributed by atoms with Gasteiger partial charge in [-0.3, -0.25) is 9.98 Å². The Morgan fingerprint density at radius 2 is 1.00 bits per heavy atom. The van der Waals surface area contributed by atoms with E-state index in [0.717, 1.165) is 78.7 Å². The Morgan fingerprint density at radius 3 is 1.62 bits per heavy atom. The van der Waals surface area contributed by atoms with Crippen LogP contribution in [0.5, 0.6) is 0 Å². The number of benzene rings is 8. The zero-order chi connectivity index (χ0) is 41.4. The average Bonchev–Trinajstić information content (AvgIpc) is 4.01. The van der Waals surface area contributed by atoms with Gasteiger partial charge < -0.3 is 13.6 Å². The summed E-state index contributed by atoms with van der Waals surface area (Å²) in [6.07, 6.45) is 8.93. The molecule has 0 saturated carbocycles. The maximum atomic E-state index is 6.55. The van der Waals surface area contributed by atoms with E-state index in [1.807, 2.05) is 30.6 Å². The second-order valence-corrected chi connectivity index (χ2v) is 16.5. The van der Waals surface area contributed by atoms with E-state index in [1.165, 1.54) is 43.8 Å². The van der Waals surface area contributed by atoms with E-state index < -0.39 is 0 Å². The highest BCUT2D eigenvalue weighted by Gasteiger charge is 2.20. The molecule has 0 aliphatic carbocycles. The summed E-state index contributed by atoms with van der Waals surface area (Å²) in [5, 5.41) is 7.02. The molecule has 1 aliphatic heterocycles. The lowest BCUT2D eigenvalue weighted by Crippen LogP contribution is -2.00. The van der Waals surface area contributed by atoms with Crippen molar-refractivity contribution in [2.24, 2.45) is 4.99 Å². The Kier molecular flexibility index (Phi) is 7.97. The van der Waals surface area contributed by atoms with Crippen molar-refractivity contribution in [3.63, 3.8) is 0 Å². The standard InChI is InChI=1S/C58H38N4O/c1-3-15-43(51-19-9-11-31-59-51)41(13-1)37-23-27-55-47(33-37)45-17-5-7-21-53(45)61(55)39-25-29-57-49(35-39)50-36-40(26-30-58(50)63-57)62-54-22-8-6-18-46(54)48-34-38(24-28-56(48)62)42-14-2-4-16-44(42)52-20-10-12-32-60-52/h1-19,21-36,52H,20H2. The summed E-state index contributed by atoms with van der Waals surface area (Å²) in [6.45, 7) is 0. The van der Waals surface area contributed by atoms with Crippen molar-refractivity contribution in [1.82, 2.24) is 14.1 Å². The Balaban J connectivity index is 0.946. The monoisotopic (exact) mass is 806 g/mol. The summed E-state index contributed by atoms with van der Waals surface area (Å²) in [5.74, 6) is 0. The zero-order valence-electron chi connectivity index (χ0n) is 34.2. The molecule has 63 heavy (non-hydrogen) atoms. The van der Waals surface area contributed by atoms with E-state index in [0.29, 0.717) is 0 Å². The van der Waals surface area contributed by atoms with Gasteiger partial charge in [-0.25, -0.2) is 0 Å². The third-order valence-corrected chi connectivity index (χ3v) is 13.0. The lowest BCUT2D eigenvalue weighted by atomic mass is 9.92. The van der Waals surface area contributed by atoms with E-state index in [9.17, 15) is 0 Å². The van der Waals surface area contributed by atoms with E-state index in [4.69, 9.17) is 14.4 Å². The van der Waals surface area contributed by atoms with Gasteiger partial charge in [0.05, 0.1) is 33.8 Å². The van der Waals surface area contributed by atoms with Crippen LogP contribution in [0.25, 0.3) is 110 Å². The van der Waals surface area contributed by atoms with E-state index in [1.54, 1.807) is 0 Å². The quantitative estimate of drug-likeness (QED) is 0.168. The number of aromatic nitrogens is 3. The van der Waals surface area contributed by atoms with Gasteiger partial charge in [0.15, 0.2) is 0 Å². The SMILES string of the molecule is C1=CCC(c2ccccc2-c2ccc3c(c2)c2ccccc2n3-c2ccc3oc4ccc(-n5c6ccccc6c6cc(-c7ccccc7-c7ccccn7)ccc65)cc4c3c2)N=C1. The first kappa shape index (κ1) is 35.5. The van der Waals surface area contributed by atoms with Gasteiger partial charge in [-0.1, -0.05) is 109 Å². The number of furan rings is 1. The first-order valence-electron chi connectivity index (χ1n) is 21.6. The van der Waals surface area contributed by atoms with Crippen LogP contribution in [0, 0.1) is 0 Å². The second-order valence-electron chi connectivity index (χ2n) is 16.5. The molecule has 0 radical (unpaired) electrons. The number of pyridine rings is 1. The third kappa shape index (κ3) is 5.63. The van der Waals surface area contributed by atoms with Crippen molar-refractivity contribution in [2.75, 3.05) is 0 Å². The predicted molar refractivity (Wildman–Crippen MR) is 261 cm³/mol. The molecule has 1 atom stereocenters. The van der Waals surface area contributed by atoms with Gasteiger partial charge in [0.1, 0.15) is 11.2 Å². The number of dihydropyridines is 1. The topological polar surface area (TPSA) is 48.2 Å². The van der Waals surface area contributed by atoms with Gasteiger partial charge in [0.25, 0.3) is 0 Å². The fraction of sp³-hybridized carbons (Fsp3) is 0.0345. The van der Waals surface area contributed by atoms with Crippen molar-refractivity contribution < 1.29 is 4.42 Å². The molecule has 5 heteroatoms. The first-order valence-corrected chi connectivity index (χ1v) is 21.6. The van der Waals surface area contributed by atoms with Crippen LogP contribution in [0.15, 0.2) is 216 Å². The molecule has 4 aromatic heterocycles. The lowest BCUT2D eigenvalue weighted by molar-refractivity contribution is 0.669. The molecular formula is C58H38N4O. The molecule has 13 rings (SSSR count). The Hall–Kier alpha value is -8.28. The van der Waals surface area contributed by atoms with Crippen LogP contribution in [0.4, 0.5) is 0 Å². The van der Waals surface area contributed by atoms with Crippen LogP contribution < -0.4 is 0 Å². The molecule has 1 aliphatic rings. The van der Waals surface area contributed by atoms with Crippen LogP contribution in [0.1, 0.15) is 18.0 Å². The summed E-state index contributed by atoms with van der Waals surface area (Å²) < 4.78 is 11.3. The van der Waals surface area contributed by atoms with Crippen LogP contribution in [-0.2, 0) is 0 Å². The minimum atomic E-state index is 0.120. The summed E-state index contributed by atoms with van der Waals surface area (Å²) in [6, 6.07) is 67.9. The van der Waals surface area contributed by atoms with Gasteiger partial charge in [-0.15, -0.1) is 0 Å². The van der Waals surface area contributed by atoms with Crippen molar-refractivity contribution >= 4 is 71.8 Å². The van der Waals surface area contributed by atoms with Crippen LogP contribution in [0.2, 0.25) is 0 Å². The summed E-state index contributed by atoms with van der Waals surface area (Å²) in [4.78, 5) is 9.52. The fourth-order valence-corrected chi connectivity index (χ4v) is 10.1. The maximum absolute atomic E-state index is 6.55. The number of aliphatic imine (C=N–C) groups is 1. The minimum absolute atomic E-state index is 0.120. The van der Waals surface area contributed by atoms with Gasteiger partial charge >= 0.3 is 0 Å². The normalized spacial score (nSPS) is 14.0. The molecule has 12 aromatic rings. The molecule has 0 N–H and O–H groups in total. The van der Waals surface area contributed by atoms with Crippen LogP contribution in [-0.4, -0.2) is 20.3 Å². The predicted octanol–water partition coefficient (Wildman–Crippen LogP) is 15.2. The molecule has 296 valence electrons. The number of nitrogens with zero attached hydrogens (tertiary/aromatic N) is 4. The van der Waals surface area contributed by atoms with Gasteiger partial charge in [0.2, 0.25) is 0 Å². The number of fused-ring (bicyclic) bond motifs is 9. The molecule has 0 amide bonds. The average molecular weight is 807 g/mol. The Labute approximate surface area is 363 Å². The number of hydrogen-bond acceptors (Lipinski definition) is 3. The number of hydrogen-bond donors (Lipinski definition) is 0. The highest BCUT2D eigenvalue weighted by atomic mass is 16.3. The smallest absolute Gasteiger partial charge is 0.135 e. The van der Waals surface area contributed by atoms with Gasteiger partial charge in [-0.2, -0.15) is 0 Å². The van der Waals surface area contributed by atoms with E-state index in [2.05, 4.69) is 191 Å². The summed E-state index contributed by atoms with van der Waals surface area (Å²) in [7, 11) is 0. The highest BCUT2D eigenvalue weighted by Crippen LogP contribution is 2.42. The number of allylic oxidation sites excluding steroid dienone is 1. The van der Waals surface area contributed by atoms with Crippen LogP contribution in [0.3, 0.4) is 0 Å². The molecular weight excluding hydrogens is 769 g/mol. The summed E-state index contributed by atoms with van der Waals surface area (Å²) >= 11 is 0. The van der Waals surface area contributed by atoms with Crippen LogP contribution >= 0.6 is 0 Å². The largest absolute Gasteiger partial charge is 0.456 e. The van der Waals surface area contributed by atoms with E-state index >= 15 is 0 Å². The van der Waals surface area contributed by atoms with E-state index in [-0.39, 0.29) is 6.04 Å². The molecule has 1 unspecified atom stereocenters. The molecule has 5 heterocycles. The highest BCUT2D eigenvalue weighted by molar-refractivity contribution is 6.13. The van der Waals surface area contributed by atoms with Crippen molar-refractivity contribution in [3.05, 3.63) is 212 Å². The lowest BCUT2D eigenvalue weighted by Gasteiger charge is -2.17. The second kappa shape index (κ2) is 14.2. The molecule has 5 nitrogen and oxygen atoms in total. The Bertz CT molecular complexity index is 3840. The van der Waals surface area contributed by atoms with Crippen molar-refractivity contribution in [2.45, 2.75) is 12.5 Å². The molecule has 0 fully saturated rings. The van der Waals surface area contributed by atoms with Crippen molar-refractivity contribution in [3.8, 4) is 44.9 Å². The minimum Gasteiger partial charge on any atom is -0.456 e. The molecule has 8 aromatic carbocycles. The Morgan fingerprint density at radius 1 is 0.444 bits per heavy atom. The third-order valence-electron chi connectivity index (χ3n) is 13.0. The fourth-order valence-electron chi connectivity index (χ4n) is 10.1. The molecule has 0 spiro atoms. The van der Waals surface area contributed by atoms with Gasteiger partial charge in [0, 0.05) is 61.7 Å². The van der Waals surface area contributed by atoms with Gasteiger partial charge in [-0.05, 0) is 125 Å².